The van der Waals surface area contributed by atoms with Gasteiger partial charge in [0.05, 0.1) is 0 Å². The first-order valence-corrected chi connectivity index (χ1v) is 7.04. The number of nitrogens with zero attached hydrogens (tertiary/aromatic N) is 3. The van der Waals surface area contributed by atoms with Crippen molar-refractivity contribution in [2.45, 2.75) is 33.1 Å². The Labute approximate surface area is 114 Å². The zero-order chi connectivity index (χ0) is 13.7. The molecule has 2 N–H and O–H groups in total. The Morgan fingerprint density at radius 2 is 2.21 bits per heavy atom. The van der Waals surface area contributed by atoms with Crippen LogP contribution in [0.2, 0.25) is 0 Å². The Bertz CT molecular complexity index is 409. The zero-order valence-corrected chi connectivity index (χ0v) is 11.8. The number of amides is 1. The van der Waals surface area contributed by atoms with E-state index in [1.165, 1.54) is 25.9 Å². The average molecular weight is 265 g/mol. The highest BCUT2D eigenvalue weighted by atomic mass is 16.2. The Kier molecular flexibility index (Phi) is 4.90. The molecule has 1 aliphatic rings. The summed E-state index contributed by atoms with van der Waals surface area (Å²) in [5.41, 5.74) is 0. The zero-order valence-electron chi connectivity index (χ0n) is 11.8. The number of nitrogens with one attached hydrogen (secondary N) is 2. The highest BCUT2D eigenvalue weighted by Crippen LogP contribution is 2.15. The third-order valence-corrected chi connectivity index (χ3v) is 3.61. The minimum Gasteiger partial charge on any atom is -0.349 e. The Morgan fingerprint density at radius 1 is 1.47 bits per heavy atom. The molecule has 0 aromatic carbocycles. The molecule has 1 aliphatic heterocycles. The van der Waals surface area contributed by atoms with Crippen molar-refractivity contribution in [1.82, 2.24) is 25.4 Å². The first-order chi connectivity index (χ1) is 9.15. The number of likely N-dealkylation sites (tertiary alicyclic amines) is 1. The summed E-state index contributed by atoms with van der Waals surface area (Å²) in [5.74, 6) is 1.55. The number of H-pyrrole nitrogens is 1. The van der Waals surface area contributed by atoms with Crippen molar-refractivity contribution in [3.05, 3.63) is 11.6 Å². The quantitative estimate of drug-likeness (QED) is 0.778. The highest BCUT2D eigenvalue weighted by Gasteiger charge is 2.15. The normalized spacial score (nSPS) is 17.6. The van der Waals surface area contributed by atoms with Crippen LogP contribution in [0.3, 0.4) is 0 Å². The molecule has 0 bridgehead atoms. The fourth-order valence-corrected chi connectivity index (χ4v) is 2.31. The molecular formula is C13H23N5O. The molecule has 1 aromatic rings. The number of carbonyl (C=O) groups is 1. The number of aromatic nitrogens is 3. The molecule has 6 heteroatoms. The molecule has 0 radical (unpaired) electrons. The molecule has 6 nitrogen and oxygen atoms in total. The van der Waals surface area contributed by atoms with Crippen molar-refractivity contribution >= 4 is 5.91 Å². The van der Waals surface area contributed by atoms with E-state index in [4.69, 9.17) is 0 Å². The van der Waals surface area contributed by atoms with Gasteiger partial charge in [0.2, 0.25) is 5.82 Å². The predicted molar refractivity (Wildman–Crippen MR) is 72.9 cm³/mol. The maximum atomic E-state index is 11.7. The molecule has 19 heavy (non-hydrogen) atoms. The van der Waals surface area contributed by atoms with Crippen LogP contribution in [0.4, 0.5) is 0 Å². The number of hydrogen-bond donors (Lipinski definition) is 2. The number of aromatic amines is 1. The molecule has 0 spiro atoms. The molecular weight excluding hydrogens is 242 g/mol. The van der Waals surface area contributed by atoms with Crippen LogP contribution < -0.4 is 5.32 Å². The number of aryl methyl sites for hydroxylation is 1. The van der Waals surface area contributed by atoms with Gasteiger partial charge in [0.25, 0.3) is 5.91 Å². The summed E-state index contributed by atoms with van der Waals surface area (Å²) in [7, 11) is 0. The van der Waals surface area contributed by atoms with E-state index in [0.29, 0.717) is 12.4 Å². The topological polar surface area (TPSA) is 73.9 Å². The monoisotopic (exact) mass is 265 g/mol. The van der Waals surface area contributed by atoms with Gasteiger partial charge in [0, 0.05) is 6.54 Å². The maximum absolute atomic E-state index is 11.7. The third kappa shape index (κ3) is 4.31. The van der Waals surface area contributed by atoms with Crippen molar-refractivity contribution in [3.63, 3.8) is 0 Å². The van der Waals surface area contributed by atoms with Gasteiger partial charge in [0.1, 0.15) is 5.82 Å². The first-order valence-electron chi connectivity index (χ1n) is 7.04. The van der Waals surface area contributed by atoms with Crippen LogP contribution in [0.5, 0.6) is 0 Å². The molecule has 1 aromatic heterocycles. The van der Waals surface area contributed by atoms with E-state index < -0.39 is 0 Å². The van der Waals surface area contributed by atoms with Crippen LogP contribution in [0, 0.1) is 12.8 Å². The number of rotatable bonds is 5. The van der Waals surface area contributed by atoms with Gasteiger partial charge in [-0.05, 0) is 51.7 Å². The van der Waals surface area contributed by atoms with Crippen LogP contribution in [0.25, 0.3) is 0 Å². The second-order valence-corrected chi connectivity index (χ2v) is 5.38. The molecule has 1 fully saturated rings. The lowest BCUT2D eigenvalue weighted by Gasteiger charge is -2.30. The SMILES string of the molecule is Cc1nc(C(=O)NCCCN2CCC(C)CC2)n[nH]1. The van der Waals surface area contributed by atoms with Crippen LogP contribution in [-0.4, -0.2) is 52.2 Å². The second kappa shape index (κ2) is 6.65. The summed E-state index contributed by atoms with van der Waals surface area (Å²) in [4.78, 5) is 18.2. The van der Waals surface area contributed by atoms with Gasteiger partial charge < -0.3 is 10.2 Å². The van der Waals surface area contributed by atoms with Crippen LogP contribution >= 0.6 is 0 Å². The van der Waals surface area contributed by atoms with Crippen LogP contribution in [0.15, 0.2) is 0 Å². The van der Waals surface area contributed by atoms with E-state index in [0.717, 1.165) is 18.9 Å². The van der Waals surface area contributed by atoms with E-state index >= 15 is 0 Å². The summed E-state index contributed by atoms with van der Waals surface area (Å²) < 4.78 is 0. The average Bonchev–Trinajstić information content (AvgIpc) is 2.83. The summed E-state index contributed by atoms with van der Waals surface area (Å²) in [6.45, 7) is 8.21. The summed E-state index contributed by atoms with van der Waals surface area (Å²) >= 11 is 0. The summed E-state index contributed by atoms with van der Waals surface area (Å²) in [6, 6.07) is 0. The van der Waals surface area contributed by atoms with Gasteiger partial charge in [0.15, 0.2) is 0 Å². The summed E-state index contributed by atoms with van der Waals surface area (Å²) in [5, 5.41) is 9.35. The molecule has 1 saturated heterocycles. The predicted octanol–water partition coefficient (Wildman–Crippen LogP) is 0.965. The fraction of sp³-hybridized carbons (Fsp3) is 0.769. The summed E-state index contributed by atoms with van der Waals surface area (Å²) in [6.07, 6.45) is 3.56. The van der Waals surface area contributed by atoms with Crippen molar-refractivity contribution < 1.29 is 4.79 Å². The third-order valence-electron chi connectivity index (χ3n) is 3.61. The van der Waals surface area contributed by atoms with Crippen molar-refractivity contribution in [2.75, 3.05) is 26.2 Å². The first kappa shape index (κ1) is 14.0. The lowest BCUT2D eigenvalue weighted by Crippen LogP contribution is -2.35. The van der Waals surface area contributed by atoms with E-state index in [9.17, 15) is 4.79 Å². The van der Waals surface area contributed by atoms with Crippen LogP contribution in [0.1, 0.15) is 42.6 Å². The number of carbonyl (C=O) groups excluding carboxylic acids is 1. The van der Waals surface area contributed by atoms with Crippen LogP contribution in [-0.2, 0) is 0 Å². The van der Waals surface area contributed by atoms with Gasteiger partial charge in [-0.2, -0.15) is 0 Å². The molecule has 2 heterocycles. The lowest BCUT2D eigenvalue weighted by atomic mass is 9.99. The molecule has 1 amide bonds. The highest BCUT2D eigenvalue weighted by molar-refractivity contribution is 5.90. The van der Waals surface area contributed by atoms with Gasteiger partial charge in [-0.15, -0.1) is 5.10 Å². The van der Waals surface area contributed by atoms with Gasteiger partial charge in [-0.1, -0.05) is 6.92 Å². The Hall–Kier alpha value is -1.43. The fourth-order valence-electron chi connectivity index (χ4n) is 2.31. The van der Waals surface area contributed by atoms with E-state index in [1.807, 2.05) is 0 Å². The van der Waals surface area contributed by atoms with Crippen molar-refractivity contribution in [3.8, 4) is 0 Å². The molecule has 2 rings (SSSR count). The van der Waals surface area contributed by atoms with E-state index in [1.54, 1.807) is 6.92 Å². The van der Waals surface area contributed by atoms with Gasteiger partial charge in [-0.25, -0.2) is 4.98 Å². The van der Waals surface area contributed by atoms with Gasteiger partial charge in [-0.3, -0.25) is 9.89 Å². The maximum Gasteiger partial charge on any atom is 0.290 e. The molecule has 0 saturated carbocycles. The standard InChI is InChI=1S/C13H23N5O/c1-10-4-8-18(9-5-10)7-3-6-14-13(19)12-15-11(2)16-17-12/h10H,3-9H2,1-2H3,(H,14,19)(H,15,16,17). The van der Waals surface area contributed by atoms with E-state index in [2.05, 4.69) is 32.3 Å². The minimum absolute atomic E-state index is 0.198. The van der Waals surface area contributed by atoms with Crippen molar-refractivity contribution in [2.24, 2.45) is 5.92 Å². The molecule has 0 atom stereocenters. The van der Waals surface area contributed by atoms with Gasteiger partial charge >= 0.3 is 0 Å². The van der Waals surface area contributed by atoms with E-state index in [-0.39, 0.29) is 11.7 Å². The lowest BCUT2D eigenvalue weighted by molar-refractivity contribution is 0.0940. The molecule has 106 valence electrons. The molecule has 0 unspecified atom stereocenters. The minimum atomic E-state index is -0.198. The van der Waals surface area contributed by atoms with Crippen molar-refractivity contribution in [1.29, 1.82) is 0 Å². The smallest absolute Gasteiger partial charge is 0.290 e. The second-order valence-electron chi connectivity index (χ2n) is 5.38. The number of piperidine rings is 1. The largest absolute Gasteiger partial charge is 0.349 e. The Balaban J connectivity index is 1.60. The molecule has 0 aliphatic carbocycles. The number of hydrogen-bond acceptors (Lipinski definition) is 4. The Morgan fingerprint density at radius 3 is 2.84 bits per heavy atom.